The molecule has 19 heavy (non-hydrogen) atoms. The number of thioether (sulfide) groups is 1. The third-order valence-corrected chi connectivity index (χ3v) is 3.40. The first-order valence-electron chi connectivity index (χ1n) is 6.55. The maximum absolute atomic E-state index is 11.6. The summed E-state index contributed by atoms with van der Waals surface area (Å²) >= 11 is 1.82. The predicted octanol–water partition coefficient (Wildman–Crippen LogP) is 2.32. The summed E-state index contributed by atoms with van der Waals surface area (Å²) in [5.74, 6) is 0.125. The highest BCUT2D eigenvalue weighted by Crippen LogP contribution is 2.19. The number of carbonyl (C=O) groups excluding carboxylic acids is 1. The Morgan fingerprint density at radius 1 is 1.21 bits per heavy atom. The van der Waals surface area contributed by atoms with E-state index in [1.165, 1.54) is 0 Å². The molecule has 0 heterocycles. The van der Waals surface area contributed by atoms with Crippen molar-refractivity contribution in [1.82, 2.24) is 10.6 Å². The third kappa shape index (κ3) is 8.75. The number of amides is 2. The van der Waals surface area contributed by atoms with Gasteiger partial charge in [-0.3, -0.25) is 0 Å². The van der Waals surface area contributed by atoms with E-state index in [2.05, 4.69) is 16.9 Å². The molecule has 0 bridgehead atoms. The Balaban J connectivity index is 3.92. The van der Waals surface area contributed by atoms with Crippen LogP contribution < -0.4 is 10.6 Å². The molecule has 1 atom stereocenters. The van der Waals surface area contributed by atoms with Crippen molar-refractivity contribution in [2.24, 2.45) is 5.41 Å². The molecule has 0 saturated carbocycles. The van der Waals surface area contributed by atoms with Crippen molar-refractivity contribution in [2.45, 2.75) is 46.1 Å². The quantitative estimate of drug-likeness (QED) is 0.599. The van der Waals surface area contributed by atoms with Crippen LogP contribution in [0.25, 0.3) is 0 Å². The zero-order chi connectivity index (χ0) is 14.9. The molecule has 0 aromatic heterocycles. The summed E-state index contributed by atoms with van der Waals surface area (Å²) in [5.41, 5.74) is -0.512. The highest BCUT2D eigenvalue weighted by atomic mass is 32.2. The Bertz CT molecular complexity index is 290. The number of hydrogen-bond donors (Lipinski definition) is 3. The van der Waals surface area contributed by atoms with Gasteiger partial charge in [0, 0.05) is 6.54 Å². The first-order chi connectivity index (χ1) is 8.79. The summed E-state index contributed by atoms with van der Waals surface area (Å²) in [5, 5.41) is 14.3. The number of carboxylic acids is 1. The van der Waals surface area contributed by atoms with Gasteiger partial charge in [-0.25, -0.2) is 9.59 Å². The second-order valence-corrected chi connectivity index (χ2v) is 6.58. The number of unbranched alkanes of at least 4 members (excludes halogenated alkanes) is 2. The van der Waals surface area contributed by atoms with Gasteiger partial charge in [0.1, 0.15) is 6.04 Å². The van der Waals surface area contributed by atoms with Gasteiger partial charge in [0.2, 0.25) is 0 Å². The molecule has 3 N–H and O–H groups in total. The highest BCUT2D eigenvalue weighted by Gasteiger charge is 2.32. The largest absolute Gasteiger partial charge is 0.480 e. The molecule has 0 fully saturated rings. The first-order valence-corrected chi connectivity index (χ1v) is 7.94. The fraction of sp³-hybridized carbons (Fsp3) is 0.846. The molecule has 0 aliphatic rings. The van der Waals surface area contributed by atoms with E-state index in [1.807, 2.05) is 11.8 Å². The van der Waals surface area contributed by atoms with Gasteiger partial charge in [0.15, 0.2) is 0 Å². The number of rotatable bonds is 8. The van der Waals surface area contributed by atoms with Gasteiger partial charge in [-0.1, -0.05) is 27.2 Å². The Hall–Kier alpha value is -0.910. The maximum Gasteiger partial charge on any atom is 0.326 e. The molecule has 0 spiro atoms. The second kappa shape index (κ2) is 9.07. The van der Waals surface area contributed by atoms with E-state index in [9.17, 15) is 9.59 Å². The maximum atomic E-state index is 11.6. The lowest BCUT2D eigenvalue weighted by Crippen LogP contribution is -2.52. The molecule has 2 amide bonds. The Kier molecular flexibility index (Phi) is 8.63. The Morgan fingerprint density at radius 2 is 1.84 bits per heavy atom. The topological polar surface area (TPSA) is 78.4 Å². The van der Waals surface area contributed by atoms with Crippen LogP contribution in [-0.4, -0.2) is 41.7 Å². The van der Waals surface area contributed by atoms with Crippen LogP contribution in [0, 0.1) is 5.41 Å². The predicted molar refractivity (Wildman–Crippen MR) is 79.6 cm³/mol. The van der Waals surface area contributed by atoms with Crippen molar-refractivity contribution in [2.75, 3.05) is 18.6 Å². The van der Waals surface area contributed by atoms with Crippen molar-refractivity contribution in [1.29, 1.82) is 0 Å². The smallest absolute Gasteiger partial charge is 0.326 e. The minimum Gasteiger partial charge on any atom is -0.480 e. The zero-order valence-corrected chi connectivity index (χ0v) is 13.1. The van der Waals surface area contributed by atoms with E-state index in [0.29, 0.717) is 6.54 Å². The fourth-order valence-electron chi connectivity index (χ4n) is 1.58. The van der Waals surface area contributed by atoms with Crippen LogP contribution >= 0.6 is 11.8 Å². The van der Waals surface area contributed by atoms with Crippen molar-refractivity contribution < 1.29 is 14.7 Å². The molecular formula is C13H26N2O3S. The summed E-state index contributed by atoms with van der Waals surface area (Å²) in [4.78, 5) is 22.7. The standard InChI is InChI=1S/C13H26N2O3S/c1-13(2,3)10(11(16)17)15-12(18)14-8-6-5-7-9-19-4/h10H,5-9H2,1-4H3,(H,16,17)(H2,14,15,18)/t10-/m1/s1. The van der Waals surface area contributed by atoms with Gasteiger partial charge < -0.3 is 15.7 Å². The van der Waals surface area contributed by atoms with Crippen LogP contribution in [0.15, 0.2) is 0 Å². The summed E-state index contributed by atoms with van der Waals surface area (Å²) in [6, 6.07) is -1.30. The third-order valence-electron chi connectivity index (χ3n) is 2.70. The molecule has 0 rings (SSSR count). The van der Waals surface area contributed by atoms with E-state index < -0.39 is 23.5 Å². The van der Waals surface area contributed by atoms with E-state index in [1.54, 1.807) is 20.8 Å². The van der Waals surface area contributed by atoms with Gasteiger partial charge in [0.05, 0.1) is 0 Å². The molecule has 0 saturated heterocycles. The normalized spacial score (nSPS) is 12.8. The average molecular weight is 290 g/mol. The molecular weight excluding hydrogens is 264 g/mol. The summed E-state index contributed by atoms with van der Waals surface area (Å²) < 4.78 is 0. The van der Waals surface area contributed by atoms with Crippen molar-refractivity contribution in [3.05, 3.63) is 0 Å². The number of hydrogen-bond acceptors (Lipinski definition) is 3. The molecule has 0 radical (unpaired) electrons. The average Bonchev–Trinajstić information content (AvgIpc) is 2.28. The summed E-state index contributed by atoms with van der Waals surface area (Å²) in [6.45, 7) is 5.94. The number of carbonyl (C=O) groups is 2. The second-order valence-electron chi connectivity index (χ2n) is 5.59. The molecule has 0 aromatic carbocycles. The lowest BCUT2D eigenvalue weighted by atomic mass is 9.87. The van der Waals surface area contributed by atoms with Crippen molar-refractivity contribution in [3.8, 4) is 0 Å². The molecule has 112 valence electrons. The molecule has 6 heteroatoms. The summed E-state index contributed by atoms with van der Waals surface area (Å²) in [7, 11) is 0. The van der Waals surface area contributed by atoms with Crippen LogP contribution in [0.3, 0.4) is 0 Å². The van der Waals surface area contributed by atoms with E-state index in [4.69, 9.17) is 5.11 Å². The lowest BCUT2D eigenvalue weighted by Gasteiger charge is -2.27. The van der Waals surface area contributed by atoms with E-state index in [-0.39, 0.29) is 0 Å². The lowest BCUT2D eigenvalue weighted by molar-refractivity contribution is -0.141. The number of aliphatic carboxylic acids is 1. The van der Waals surface area contributed by atoms with E-state index in [0.717, 1.165) is 25.0 Å². The molecule has 0 aliphatic carbocycles. The van der Waals surface area contributed by atoms with Crippen molar-refractivity contribution >= 4 is 23.8 Å². The number of nitrogens with one attached hydrogen (secondary N) is 2. The molecule has 5 nitrogen and oxygen atoms in total. The molecule has 0 unspecified atom stereocenters. The van der Waals surface area contributed by atoms with Crippen molar-refractivity contribution in [3.63, 3.8) is 0 Å². The van der Waals surface area contributed by atoms with Crippen LogP contribution in [0.5, 0.6) is 0 Å². The van der Waals surface area contributed by atoms with Crippen LogP contribution in [0.4, 0.5) is 4.79 Å². The number of carboxylic acid groups (broad SMARTS) is 1. The molecule has 0 aliphatic heterocycles. The SMILES string of the molecule is CSCCCCCNC(=O)N[C@H](C(=O)O)C(C)(C)C. The van der Waals surface area contributed by atoms with Gasteiger partial charge in [0.25, 0.3) is 0 Å². The summed E-state index contributed by atoms with van der Waals surface area (Å²) in [6.07, 6.45) is 5.21. The van der Waals surface area contributed by atoms with Crippen LogP contribution in [0.2, 0.25) is 0 Å². The van der Waals surface area contributed by atoms with Gasteiger partial charge >= 0.3 is 12.0 Å². The van der Waals surface area contributed by atoms with Gasteiger partial charge in [-0.2, -0.15) is 11.8 Å². The monoisotopic (exact) mass is 290 g/mol. The highest BCUT2D eigenvalue weighted by molar-refractivity contribution is 7.98. The minimum absolute atomic E-state index is 0.410. The van der Waals surface area contributed by atoms with Crippen LogP contribution in [0.1, 0.15) is 40.0 Å². The van der Waals surface area contributed by atoms with E-state index >= 15 is 0 Å². The van der Waals surface area contributed by atoms with Gasteiger partial charge in [-0.15, -0.1) is 0 Å². The molecule has 0 aromatic rings. The first kappa shape index (κ1) is 18.1. The van der Waals surface area contributed by atoms with Gasteiger partial charge in [-0.05, 0) is 30.3 Å². The Labute approximate surface area is 119 Å². The number of urea groups is 1. The van der Waals surface area contributed by atoms with Crippen LogP contribution in [-0.2, 0) is 4.79 Å². The Morgan fingerprint density at radius 3 is 2.32 bits per heavy atom. The minimum atomic E-state index is -1.01. The zero-order valence-electron chi connectivity index (χ0n) is 12.3. The fourth-order valence-corrected chi connectivity index (χ4v) is 2.07.